The number of hydrogen-bond acceptors (Lipinski definition) is 5. The van der Waals surface area contributed by atoms with E-state index in [1.165, 1.54) is 19.2 Å². The molecule has 1 amide bonds. The lowest BCUT2D eigenvalue weighted by atomic mass is 10.1. The number of nitro groups is 1. The van der Waals surface area contributed by atoms with Crippen molar-refractivity contribution in [1.82, 2.24) is 10.6 Å². The number of methoxy groups -OCH3 is 1. The first-order chi connectivity index (χ1) is 9.08. The second-order valence-corrected chi connectivity index (χ2v) is 3.85. The van der Waals surface area contributed by atoms with E-state index in [1.807, 2.05) is 0 Å². The molecule has 0 aliphatic heterocycles. The van der Waals surface area contributed by atoms with Gasteiger partial charge in [-0.25, -0.2) is 0 Å². The molecule has 0 spiro atoms. The summed E-state index contributed by atoms with van der Waals surface area (Å²) < 4.78 is 5.14. The summed E-state index contributed by atoms with van der Waals surface area (Å²) in [6.07, 6.45) is 0.355. The second-order valence-electron chi connectivity index (χ2n) is 3.85. The molecule has 1 aromatic rings. The predicted molar refractivity (Wildman–Crippen MR) is 70.0 cm³/mol. The van der Waals surface area contributed by atoms with Crippen LogP contribution in [-0.2, 0) is 11.3 Å². The second kappa shape index (κ2) is 7.32. The van der Waals surface area contributed by atoms with Gasteiger partial charge in [-0.05, 0) is 6.07 Å². The largest absolute Gasteiger partial charge is 0.496 e. The topological polar surface area (TPSA) is 93.5 Å². The lowest BCUT2D eigenvalue weighted by Gasteiger charge is -2.09. The molecule has 0 aliphatic rings. The van der Waals surface area contributed by atoms with Gasteiger partial charge >= 0.3 is 0 Å². The summed E-state index contributed by atoms with van der Waals surface area (Å²) in [4.78, 5) is 21.3. The normalized spacial score (nSPS) is 10.0. The zero-order valence-electron chi connectivity index (χ0n) is 10.9. The van der Waals surface area contributed by atoms with Gasteiger partial charge in [0.25, 0.3) is 5.69 Å². The van der Waals surface area contributed by atoms with Gasteiger partial charge in [0, 0.05) is 44.3 Å². The average molecular weight is 267 g/mol. The molecular formula is C12H17N3O4. The standard InChI is InChI=1S/C12H17N3O4/c1-13-12(16)5-6-14-8-9-7-10(15(17)18)3-4-11(9)19-2/h3-4,7,14H,5-6,8H2,1-2H3,(H,13,16). The van der Waals surface area contributed by atoms with Crippen LogP contribution >= 0.6 is 0 Å². The van der Waals surface area contributed by atoms with E-state index in [0.717, 1.165) is 0 Å². The molecule has 0 atom stereocenters. The van der Waals surface area contributed by atoms with E-state index >= 15 is 0 Å². The van der Waals surface area contributed by atoms with Crippen LogP contribution in [0.3, 0.4) is 0 Å². The van der Waals surface area contributed by atoms with Crippen molar-refractivity contribution in [2.75, 3.05) is 20.7 Å². The third-order valence-electron chi connectivity index (χ3n) is 2.60. The van der Waals surface area contributed by atoms with E-state index in [1.54, 1.807) is 13.1 Å². The quantitative estimate of drug-likeness (QED) is 0.433. The van der Waals surface area contributed by atoms with Crippen molar-refractivity contribution >= 4 is 11.6 Å². The van der Waals surface area contributed by atoms with Crippen LogP contribution < -0.4 is 15.4 Å². The predicted octanol–water partition coefficient (Wildman–Crippen LogP) is 0.829. The Morgan fingerprint density at radius 1 is 1.47 bits per heavy atom. The number of amides is 1. The van der Waals surface area contributed by atoms with Gasteiger partial charge in [0.2, 0.25) is 5.91 Å². The molecule has 0 aliphatic carbocycles. The van der Waals surface area contributed by atoms with Crippen LogP contribution in [0.25, 0.3) is 0 Å². The summed E-state index contributed by atoms with van der Waals surface area (Å²) in [6.45, 7) is 0.896. The third-order valence-corrected chi connectivity index (χ3v) is 2.60. The van der Waals surface area contributed by atoms with Gasteiger partial charge in [-0.1, -0.05) is 0 Å². The number of carbonyl (C=O) groups is 1. The van der Waals surface area contributed by atoms with Crippen LogP contribution in [0, 0.1) is 10.1 Å². The lowest BCUT2D eigenvalue weighted by Crippen LogP contribution is -2.24. The summed E-state index contributed by atoms with van der Waals surface area (Å²) in [5.41, 5.74) is 0.706. The van der Waals surface area contributed by atoms with Crippen LogP contribution in [0.2, 0.25) is 0 Å². The van der Waals surface area contributed by atoms with Crippen LogP contribution in [-0.4, -0.2) is 31.5 Å². The van der Waals surface area contributed by atoms with Crippen molar-refractivity contribution in [3.63, 3.8) is 0 Å². The zero-order chi connectivity index (χ0) is 14.3. The number of nitrogens with one attached hydrogen (secondary N) is 2. The molecule has 19 heavy (non-hydrogen) atoms. The molecule has 0 radical (unpaired) electrons. The molecule has 7 nitrogen and oxygen atoms in total. The molecule has 0 saturated heterocycles. The van der Waals surface area contributed by atoms with Gasteiger partial charge in [0.05, 0.1) is 12.0 Å². The maximum absolute atomic E-state index is 11.0. The van der Waals surface area contributed by atoms with E-state index in [0.29, 0.717) is 30.8 Å². The Bertz CT molecular complexity index is 462. The first-order valence-corrected chi connectivity index (χ1v) is 5.81. The molecule has 104 valence electrons. The molecule has 1 rings (SSSR count). The minimum atomic E-state index is -0.451. The maximum atomic E-state index is 11.0. The molecule has 0 heterocycles. The van der Waals surface area contributed by atoms with Crippen molar-refractivity contribution in [3.8, 4) is 5.75 Å². The maximum Gasteiger partial charge on any atom is 0.270 e. The molecule has 0 saturated carbocycles. The fourth-order valence-corrected chi connectivity index (χ4v) is 1.57. The fourth-order valence-electron chi connectivity index (χ4n) is 1.57. The minimum absolute atomic E-state index is 0.0175. The highest BCUT2D eigenvalue weighted by Crippen LogP contribution is 2.23. The number of nitro benzene ring substituents is 1. The van der Waals surface area contributed by atoms with E-state index in [-0.39, 0.29) is 11.6 Å². The Balaban J connectivity index is 2.62. The SMILES string of the molecule is CNC(=O)CCNCc1cc([N+](=O)[O-])ccc1OC. The van der Waals surface area contributed by atoms with Crippen molar-refractivity contribution < 1.29 is 14.5 Å². The summed E-state index contributed by atoms with van der Waals surface area (Å²) in [5, 5.41) is 16.3. The van der Waals surface area contributed by atoms with E-state index < -0.39 is 4.92 Å². The van der Waals surface area contributed by atoms with Crippen LogP contribution in [0.4, 0.5) is 5.69 Å². The first kappa shape index (κ1) is 14.9. The number of rotatable bonds is 7. The smallest absolute Gasteiger partial charge is 0.270 e. The minimum Gasteiger partial charge on any atom is -0.496 e. The van der Waals surface area contributed by atoms with Gasteiger partial charge in [0.1, 0.15) is 5.75 Å². The number of hydrogen-bond donors (Lipinski definition) is 2. The molecule has 0 aromatic heterocycles. The van der Waals surface area contributed by atoms with Gasteiger partial charge in [0.15, 0.2) is 0 Å². The Hall–Kier alpha value is -2.15. The highest BCUT2D eigenvalue weighted by Gasteiger charge is 2.11. The van der Waals surface area contributed by atoms with Crippen LogP contribution in [0.1, 0.15) is 12.0 Å². The fraction of sp³-hybridized carbons (Fsp3) is 0.417. The van der Waals surface area contributed by atoms with Crippen molar-refractivity contribution in [3.05, 3.63) is 33.9 Å². The number of carbonyl (C=O) groups excluding carboxylic acids is 1. The summed E-state index contributed by atoms with van der Waals surface area (Å²) in [6, 6.07) is 4.42. The van der Waals surface area contributed by atoms with Gasteiger partial charge in [-0.15, -0.1) is 0 Å². The molecule has 7 heteroatoms. The van der Waals surface area contributed by atoms with Crippen LogP contribution in [0.15, 0.2) is 18.2 Å². The van der Waals surface area contributed by atoms with Crippen LogP contribution in [0.5, 0.6) is 5.75 Å². The number of benzene rings is 1. The number of nitrogens with zero attached hydrogens (tertiary/aromatic N) is 1. The number of non-ortho nitro benzene ring substituents is 1. The molecule has 1 aromatic carbocycles. The average Bonchev–Trinajstić information content (AvgIpc) is 2.42. The first-order valence-electron chi connectivity index (χ1n) is 5.81. The zero-order valence-corrected chi connectivity index (χ0v) is 10.9. The van der Waals surface area contributed by atoms with Crippen molar-refractivity contribution in [2.45, 2.75) is 13.0 Å². The highest BCUT2D eigenvalue weighted by atomic mass is 16.6. The molecule has 0 fully saturated rings. The van der Waals surface area contributed by atoms with E-state index in [2.05, 4.69) is 10.6 Å². The Morgan fingerprint density at radius 3 is 2.79 bits per heavy atom. The summed E-state index contributed by atoms with van der Waals surface area (Å²) >= 11 is 0. The van der Waals surface area contributed by atoms with Crippen molar-refractivity contribution in [1.29, 1.82) is 0 Å². The Kier molecular flexibility index (Phi) is 5.74. The lowest BCUT2D eigenvalue weighted by molar-refractivity contribution is -0.384. The van der Waals surface area contributed by atoms with Crippen molar-refractivity contribution in [2.24, 2.45) is 0 Å². The Labute approximate surface area is 111 Å². The molecule has 2 N–H and O–H groups in total. The highest BCUT2D eigenvalue weighted by molar-refractivity contribution is 5.75. The van der Waals surface area contributed by atoms with Gasteiger partial charge in [-0.3, -0.25) is 14.9 Å². The summed E-state index contributed by atoms with van der Waals surface area (Å²) in [7, 11) is 3.08. The molecular weight excluding hydrogens is 250 g/mol. The van der Waals surface area contributed by atoms with Gasteiger partial charge in [-0.2, -0.15) is 0 Å². The molecule has 0 unspecified atom stereocenters. The van der Waals surface area contributed by atoms with E-state index in [4.69, 9.17) is 4.74 Å². The third kappa shape index (κ3) is 4.55. The summed E-state index contributed by atoms with van der Waals surface area (Å²) in [5.74, 6) is 0.525. The van der Waals surface area contributed by atoms with Gasteiger partial charge < -0.3 is 15.4 Å². The Morgan fingerprint density at radius 2 is 2.21 bits per heavy atom. The monoisotopic (exact) mass is 267 g/mol. The van der Waals surface area contributed by atoms with E-state index in [9.17, 15) is 14.9 Å². The molecule has 0 bridgehead atoms. The number of ether oxygens (including phenoxy) is 1.